The second-order valence-electron chi connectivity index (χ2n) is 9.80. The van der Waals surface area contributed by atoms with Crippen molar-refractivity contribution in [3.63, 3.8) is 0 Å². The third-order valence-electron chi connectivity index (χ3n) is 6.93. The molecule has 0 bridgehead atoms. The Balaban J connectivity index is 0.000000266. The van der Waals surface area contributed by atoms with Crippen LogP contribution in [0.3, 0.4) is 0 Å². The number of rotatable bonds is 9. The summed E-state index contributed by atoms with van der Waals surface area (Å²) in [7, 11) is 4.23. The first-order chi connectivity index (χ1) is 21.8. The van der Waals surface area contributed by atoms with E-state index in [0.29, 0.717) is 23.2 Å². The van der Waals surface area contributed by atoms with Crippen LogP contribution in [0.5, 0.6) is 40.2 Å². The number of hydrogen-bond acceptors (Lipinski definition) is 11. The molecule has 240 valence electrons. The molecular weight excluding hydrogens is 600 g/mol. The third kappa shape index (κ3) is 7.02. The van der Waals surface area contributed by atoms with Crippen molar-refractivity contribution in [3.8, 4) is 40.2 Å². The van der Waals surface area contributed by atoms with E-state index in [1.54, 1.807) is 30.3 Å². The molecule has 12 heteroatoms. The number of carboxylic acid groups (broad SMARTS) is 1. The molecule has 0 aliphatic heterocycles. The molecular formula is C34H32O12. The molecule has 4 aromatic rings. The number of aryl methyl sites for hydroxylation is 2. The van der Waals surface area contributed by atoms with Crippen molar-refractivity contribution in [3.05, 3.63) is 99.1 Å². The Labute approximate surface area is 264 Å². The van der Waals surface area contributed by atoms with E-state index >= 15 is 0 Å². The Morgan fingerprint density at radius 3 is 1.85 bits per heavy atom. The van der Waals surface area contributed by atoms with Gasteiger partial charge in [0.2, 0.25) is 5.78 Å². The largest absolute Gasteiger partial charge is 0.507 e. The Kier molecular flexibility index (Phi) is 11.0. The highest BCUT2D eigenvalue weighted by atomic mass is 16.5. The van der Waals surface area contributed by atoms with Crippen molar-refractivity contribution in [2.75, 3.05) is 21.3 Å². The second-order valence-corrected chi connectivity index (χ2v) is 9.80. The first-order valence-electron chi connectivity index (χ1n) is 13.5. The number of aldehydes is 1. The lowest BCUT2D eigenvalue weighted by atomic mass is 10.0. The third-order valence-corrected chi connectivity index (χ3v) is 6.93. The number of esters is 1. The lowest BCUT2D eigenvalue weighted by Crippen LogP contribution is -2.14. The summed E-state index contributed by atoms with van der Waals surface area (Å²) in [4.78, 5) is 47.6. The van der Waals surface area contributed by atoms with Gasteiger partial charge in [-0.05, 0) is 44.0 Å². The number of hydrogen-bond donors (Lipinski definition) is 4. The lowest BCUT2D eigenvalue weighted by Gasteiger charge is -2.16. The summed E-state index contributed by atoms with van der Waals surface area (Å²) >= 11 is 0. The van der Waals surface area contributed by atoms with E-state index in [1.165, 1.54) is 60.3 Å². The summed E-state index contributed by atoms with van der Waals surface area (Å²) in [5.74, 6) is -3.12. The van der Waals surface area contributed by atoms with Crippen LogP contribution < -0.4 is 18.9 Å². The molecule has 0 saturated heterocycles. The normalized spacial score (nSPS) is 10.2. The lowest BCUT2D eigenvalue weighted by molar-refractivity contribution is 0.0681. The van der Waals surface area contributed by atoms with Crippen molar-refractivity contribution in [1.29, 1.82) is 0 Å². The molecule has 0 aliphatic rings. The maximum atomic E-state index is 12.6. The SMILES string of the molecule is COc1cc(C)c(C(=O)Oc2cc(C)c(O)c(C(=O)O)c2C)c(O)c1C=O.COc1cc(O)c(C(=O)c2ccccc2)c(OC)c1. The van der Waals surface area contributed by atoms with E-state index in [1.807, 2.05) is 6.07 Å². The maximum Gasteiger partial charge on any atom is 0.347 e. The van der Waals surface area contributed by atoms with E-state index in [4.69, 9.17) is 18.9 Å². The fourth-order valence-corrected chi connectivity index (χ4v) is 4.53. The highest BCUT2D eigenvalue weighted by Crippen LogP contribution is 2.37. The van der Waals surface area contributed by atoms with Crippen LogP contribution in [0.25, 0.3) is 0 Å². The number of carboxylic acids is 1. The van der Waals surface area contributed by atoms with Crippen LogP contribution in [-0.2, 0) is 0 Å². The summed E-state index contributed by atoms with van der Waals surface area (Å²) in [5, 5.41) is 39.5. The van der Waals surface area contributed by atoms with Gasteiger partial charge in [-0.25, -0.2) is 9.59 Å². The number of phenols is 3. The van der Waals surface area contributed by atoms with Gasteiger partial charge >= 0.3 is 11.9 Å². The average Bonchev–Trinajstić information content (AvgIpc) is 3.03. The van der Waals surface area contributed by atoms with Crippen LogP contribution in [0.15, 0.2) is 54.6 Å². The van der Waals surface area contributed by atoms with Crippen molar-refractivity contribution < 1.29 is 58.6 Å². The van der Waals surface area contributed by atoms with Crippen LogP contribution in [0.2, 0.25) is 0 Å². The quantitative estimate of drug-likeness (QED) is 0.0798. The zero-order valence-corrected chi connectivity index (χ0v) is 25.8. The van der Waals surface area contributed by atoms with E-state index in [2.05, 4.69) is 0 Å². The molecule has 0 saturated carbocycles. The first kappa shape index (κ1) is 34.5. The topological polar surface area (TPSA) is 186 Å². The van der Waals surface area contributed by atoms with Crippen LogP contribution in [0, 0.1) is 20.8 Å². The predicted molar refractivity (Wildman–Crippen MR) is 165 cm³/mol. The van der Waals surface area contributed by atoms with Gasteiger partial charge in [0.1, 0.15) is 56.9 Å². The molecule has 4 rings (SSSR count). The molecule has 0 amide bonds. The van der Waals surface area contributed by atoms with E-state index in [0.717, 1.165) is 0 Å². The summed E-state index contributed by atoms with van der Waals surface area (Å²) in [6.45, 7) is 4.35. The molecule has 0 aromatic heterocycles. The summed E-state index contributed by atoms with van der Waals surface area (Å²) < 4.78 is 20.4. The van der Waals surface area contributed by atoms with Gasteiger partial charge in [-0.2, -0.15) is 0 Å². The number of benzene rings is 4. The fourth-order valence-electron chi connectivity index (χ4n) is 4.53. The van der Waals surface area contributed by atoms with Gasteiger partial charge in [0.05, 0.1) is 26.9 Å². The summed E-state index contributed by atoms with van der Waals surface area (Å²) in [5.41, 5.74) is 0.314. The zero-order valence-electron chi connectivity index (χ0n) is 25.8. The average molecular weight is 633 g/mol. The minimum Gasteiger partial charge on any atom is -0.507 e. The van der Waals surface area contributed by atoms with Gasteiger partial charge in [-0.3, -0.25) is 9.59 Å². The van der Waals surface area contributed by atoms with Gasteiger partial charge in [0.25, 0.3) is 0 Å². The standard InChI is InChI=1S/C19H18O8.C15H14O4/c1-8-5-13(26-4)11(7-20)17(22)14(8)19(25)27-12-6-9(2)16(21)15(10(12)3)18(23)24;1-18-11-8-12(16)14(13(9-11)19-2)15(17)10-6-4-3-5-7-10/h5-7,21-22H,1-4H3,(H,23,24);3-9,16H,1-2H3. The number of ketones is 1. The van der Waals surface area contributed by atoms with Gasteiger partial charge < -0.3 is 39.4 Å². The van der Waals surface area contributed by atoms with Gasteiger partial charge in [-0.1, -0.05) is 30.3 Å². The van der Waals surface area contributed by atoms with E-state index in [9.17, 15) is 39.6 Å². The number of ether oxygens (including phenoxy) is 4. The minimum atomic E-state index is -1.38. The Hall–Kier alpha value is -6.04. The molecule has 0 spiro atoms. The van der Waals surface area contributed by atoms with E-state index in [-0.39, 0.29) is 62.2 Å². The highest BCUT2D eigenvalue weighted by molar-refractivity contribution is 6.12. The molecule has 4 N–H and O–H groups in total. The molecule has 4 aromatic carbocycles. The molecule has 0 heterocycles. The number of aromatic carboxylic acids is 1. The monoisotopic (exact) mass is 632 g/mol. The summed E-state index contributed by atoms with van der Waals surface area (Å²) in [6.07, 6.45) is 0.350. The minimum absolute atomic E-state index is 0.0419. The van der Waals surface area contributed by atoms with Crippen LogP contribution in [0.4, 0.5) is 0 Å². The fraction of sp³-hybridized carbons (Fsp3) is 0.176. The Morgan fingerprint density at radius 1 is 0.696 bits per heavy atom. The second kappa shape index (κ2) is 14.6. The van der Waals surface area contributed by atoms with Crippen LogP contribution in [-0.4, -0.2) is 65.8 Å². The van der Waals surface area contributed by atoms with Crippen LogP contribution in [0.1, 0.15) is 63.7 Å². The van der Waals surface area contributed by atoms with E-state index < -0.39 is 23.4 Å². The maximum absolute atomic E-state index is 12.6. The molecule has 0 radical (unpaired) electrons. The number of aromatic hydroxyl groups is 3. The zero-order chi connectivity index (χ0) is 34.3. The van der Waals surface area contributed by atoms with Crippen LogP contribution >= 0.6 is 0 Å². The molecule has 0 aliphatic carbocycles. The number of methoxy groups -OCH3 is 3. The van der Waals surface area contributed by atoms with Crippen molar-refractivity contribution in [2.24, 2.45) is 0 Å². The van der Waals surface area contributed by atoms with Gasteiger partial charge in [-0.15, -0.1) is 0 Å². The Morgan fingerprint density at radius 2 is 1.30 bits per heavy atom. The molecule has 12 nitrogen and oxygen atoms in total. The predicted octanol–water partition coefficient (Wildman–Crippen LogP) is 5.40. The highest BCUT2D eigenvalue weighted by Gasteiger charge is 2.26. The number of carbonyl (C=O) groups excluding carboxylic acids is 3. The molecule has 0 atom stereocenters. The van der Waals surface area contributed by atoms with Gasteiger partial charge in [0, 0.05) is 23.3 Å². The molecule has 0 fully saturated rings. The molecule has 0 unspecified atom stereocenters. The number of phenolic OH excluding ortho intramolecular Hbond substituents is 2. The smallest absolute Gasteiger partial charge is 0.347 e. The first-order valence-corrected chi connectivity index (χ1v) is 13.5. The summed E-state index contributed by atoms with van der Waals surface area (Å²) in [6, 6.07) is 14.4. The number of carbonyl (C=O) groups is 4. The van der Waals surface area contributed by atoms with Gasteiger partial charge in [0.15, 0.2) is 6.29 Å². The molecule has 46 heavy (non-hydrogen) atoms. The van der Waals surface area contributed by atoms with Crippen molar-refractivity contribution in [2.45, 2.75) is 20.8 Å². The van der Waals surface area contributed by atoms with Crippen molar-refractivity contribution >= 4 is 24.0 Å². The van der Waals surface area contributed by atoms with Crippen molar-refractivity contribution in [1.82, 2.24) is 0 Å². The Bertz CT molecular complexity index is 1810.